The maximum Gasteiger partial charge on any atom is 0.245 e. The number of unbranched alkanes of at least 4 members (excludes halogenated alkanes) is 1. The third-order valence-corrected chi connectivity index (χ3v) is 7.40. The van der Waals surface area contributed by atoms with E-state index < -0.39 is 15.7 Å². The molecule has 2 heterocycles. The number of piperidine rings is 1. The summed E-state index contributed by atoms with van der Waals surface area (Å²) in [6, 6.07) is 6.20. The summed E-state index contributed by atoms with van der Waals surface area (Å²) < 4.78 is 33.9. The van der Waals surface area contributed by atoms with Crippen LogP contribution in [0.2, 0.25) is 0 Å². The van der Waals surface area contributed by atoms with Crippen molar-refractivity contribution in [2.24, 2.45) is 0 Å². The number of rotatable bonds is 6. The lowest BCUT2D eigenvalue weighted by atomic mass is 10.0. The number of hydrogen-bond acceptors (Lipinski definition) is 5. The Hall–Kier alpha value is -1.28. The van der Waals surface area contributed by atoms with Crippen LogP contribution < -0.4 is 0 Å². The third-order valence-electron chi connectivity index (χ3n) is 5.43. The molecule has 1 aromatic rings. The van der Waals surface area contributed by atoms with Gasteiger partial charge in [0.15, 0.2) is 5.78 Å². The van der Waals surface area contributed by atoms with Crippen LogP contribution in [0.25, 0.3) is 0 Å². The van der Waals surface area contributed by atoms with E-state index in [0.29, 0.717) is 31.6 Å². The minimum atomic E-state index is -3.65. The first kappa shape index (κ1) is 19.5. The molecule has 1 aromatic carbocycles. The largest absolute Gasteiger partial charge is 0.358 e. The average molecular weight is 381 g/mol. The molecule has 0 atom stereocenters. The number of hydrogen-bond donors (Lipinski definition) is 0. The van der Waals surface area contributed by atoms with Crippen molar-refractivity contribution in [3.8, 4) is 0 Å². The van der Waals surface area contributed by atoms with E-state index in [1.54, 1.807) is 16.4 Å². The fourth-order valence-corrected chi connectivity index (χ4v) is 5.55. The Morgan fingerprint density at radius 1 is 1.15 bits per heavy atom. The van der Waals surface area contributed by atoms with Gasteiger partial charge in [-0.15, -0.1) is 0 Å². The maximum absolute atomic E-state index is 13.2. The molecule has 2 saturated heterocycles. The molecule has 0 amide bonds. The van der Waals surface area contributed by atoms with Crippen LogP contribution in [0, 0.1) is 0 Å². The quantitative estimate of drug-likeness (QED) is 0.710. The first-order chi connectivity index (χ1) is 12.4. The number of likely N-dealkylation sites (tertiary alicyclic amines) is 1. The fourth-order valence-electron chi connectivity index (χ4n) is 3.82. The highest BCUT2D eigenvalue weighted by molar-refractivity contribution is 7.89. The molecule has 0 aromatic heterocycles. The van der Waals surface area contributed by atoms with Gasteiger partial charge in [-0.2, -0.15) is 4.31 Å². The molecule has 0 aliphatic carbocycles. The molecule has 26 heavy (non-hydrogen) atoms. The normalized spacial score (nSPS) is 21.3. The van der Waals surface area contributed by atoms with Crippen LogP contribution in [0.1, 0.15) is 49.9 Å². The zero-order valence-electron chi connectivity index (χ0n) is 15.6. The number of carbonyl (C=O) groups excluding carboxylic acids is 1. The van der Waals surface area contributed by atoms with Gasteiger partial charge in [0.2, 0.25) is 10.0 Å². The van der Waals surface area contributed by atoms with E-state index in [9.17, 15) is 13.2 Å². The summed E-state index contributed by atoms with van der Waals surface area (Å²) in [6.07, 6.45) is 3.72. The van der Waals surface area contributed by atoms with Crippen LogP contribution >= 0.6 is 0 Å². The second kappa shape index (κ2) is 7.76. The van der Waals surface area contributed by atoms with Crippen molar-refractivity contribution in [1.82, 2.24) is 9.21 Å². The summed E-state index contributed by atoms with van der Waals surface area (Å²) in [7, 11) is -3.65. The second-order valence-electron chi connectivity index (χ2n) is 7.15. The molecule has 0 unspecified atom stereocenters. The van der Waals surface area contributed by atoms with Gasteiger partial charge < -0.3 is 9.64 Å². The summed E-state index contributed by atoms with van der Waals surface area (Å²) >= 11 is 0. The number of Topliss-reactive ketones (excluding diaryl/α,β-unsaturated/α-hetero) is 1. The molecule has 0 N–H and O–H groups in total. The number of carbonyl (C=O) groups is 1. The Balaban J connectivity index is 1.78. The predicted molar refractivity (Wildman–Crippen MR) is 99.6 cm³/mol. The van der Waals surface area contributed by atoms with E-state index in [-0.39, 0.29) is 10.7 Å². The van der Waals surface area contributed by atoms with E-state index in [1.807, 2.05) is 0 Å². The summed E-state index contributed by atoms with van der Waals surface area (Å²) in [5.74, 6) is -0.0747. The van der Waals surface area contributed by atoms with Crippen molar-refractivity contribution >= 4 is 15.8 Å². The van der Waals surface area contributed by atoms with Gasteiger partial charge in [0.25, 0.3) is 0 Å². The van der Waals surface area contributed by atoms with Crippen molar-refractivity contribution in [1.29, 1.82) is 0 Å². The predicted octanol–water partition coefficient (Wildman–Crippen LogP) is 2.50. The fraction of sp³-hybridized carbons (Fsp3) is 0.632. The summed E-state index contributed by atoms with van der Waals surface area (Å²) in [6.45, 7) is 7.23. The van der Waals surface area contributed by atoms with Crippen molar-refractivity contribution < 1.29 is 17.9 Å². The molecule has 144 valence electrons. The Labute approximate surface area is 156 Å². The van der Waals surface area contributed by atoms with Crippen LogP contribution in [0.4, 0.5) is 0 Å². The Morgan fingerprint density at radius 3 is 2.38 bits per heavy atom. The Kier molecular flexibility index (Phi) is 5.81. The highest BCUT2D eigenvalue weighted by Gasteiger charge is 2.50. The van der Waals surface area contributed by atoms with Gasteiger partial charge in [0.05, 0.1) is 11.5 Å². The SMILES string of the molecule is CCCCN1CCC2(CC1)OCCN2S(=O)(=O)c1ccc(C(C)=O)cc1. The molecule has 7 heteroatoms. The number of nitrogens with zero attached hydrogens (tertiary/aromatic N) is 2. The first-order valence-electron chi connectivity index (χ1n) is 9.39. The summed E-state index contributed by atoms with van der Waals surface area (Å²) in [4.78, 5) is 14.0. The zero-order chi connectivity index (χ0) is 18.8. The standard InChI is InChI=1S/C19H28N2O4S/c1-3-4-11-20-12-9-19(10-13-20)21(14-15-25-19)26(23,24)18-7-5-17(6-8-18)16(2)22/h5-8H,3-4,9-15H2,1-2H3. The van der Waals surface area contributed by atoms with Crippen molar-refractivity contribution in [2.45, 2.75) is 50.2 Å². The lowest BCUT2D eigenvalue weighted by molar-refractivity contribution is -0.0906. The number of ether oxygens (including phenoxy) is 1. The van der Waals surface area contributed by atoms with Gasteiger partial charge in [-0.3, -0.25) is 4.79 Å². The minimum absolute atomic E-state index is 0.0747. The molecule has 0 saturated carbocycles. The lowest BCUT2D eigenvalue weighted by Crippen LogP contribution is -2.54. The first-order valence-corrected chi connectivity index (χ1v) is 10.8. The van der Waals surface area contributed by atoms with Crippen molar-refractivity contribution in [3.63, 3.8) is 0 Å². The Bertz CT molecular complexity index is 737. The second-order valence-corrected chi connectivity index (χ2v) is 9.01. The Morgan fingerprint density at radius 2 is 1.81 bits per heavy atom. The molecular weight excluding hydrogens is 352 g/mol. The molecule has 6 nitrogen and oxygen atoms in total. The molecule has 2 aliphatic heterocycles. The molecular formula is C19H28N2O4S. The van der Waals surface area contributed by atoms with Crippen LogP contribution in [0.15, 0.2) is 29.2 Å². The van der Waals surface area contributed by atoms with Gasteiger partial charge >= 0.3 is 0 Å². The van der Waals surface area contributed by atoms with E-state index >= 15 is 0 Å². The molecule has 1 spiro atoms. The van der Waals surface area contributed by atoms with Gasteiger partial charge in [-0.05, 0) is 32.0 Å². The number of ketones is 1. The molecule has 2 aliphatic rings. The van der Waals surface area contributed by atoms with E-state index in [1.165, 1.54) is 25.5 Å². The minimum Gasteiger partial charge on any atom is -0.358 e. The molecule has 0 bridgehead atoms. The number of benzene rings is 1. The molecule has 3 rings (SSSR count). The van der Waals surface area contributed by atoms with Crippen LogP contribution in [-0.4, -0.2) is 61.9 Å². The van der Waals surface area contributed by atoms with E-state index in [0.717, 1.165) is 26.1 Å². The highest BCUT2D eigenvalue weighted by atomic mass is 32.2. The van der Waals surface area contributed by atoms with Gasteiger partial charge in [0.1, 0.15) is 5.72 Å². The van der Waals surface area contributed by atoms with Crippen molar-refractivity contribution in [3.05, 3.63) is 29.8 Å². The third kappa shape index (κ3) is 3.71. The summed E-state index contributed by atoms with van der Waals surface area (Å²) in [5, 5.41) is 0. The lowest BCUT2D eigenvalue weighted by Gasteiger charge is -2.42. The molecule has 2 fully saturated rings. The van der Waals surface area contributed by atoms with Gasteiger partial charge in [0, 0.05) is 38.0 Å². The topological polar surface area (TPSA) is 66.9 Å². The number of sulfonamides is 1. The smallest absolute Gasteiger partial charge is 0.245 e. The van der Waals surface area contributed by atoms with Gasteiger partial charge in [-0.25, -0.2) is 8.42 Å². The van der Waals surface area contributed by atoms with E-state index in [2.05, 4.69) is 11.8 Å². The van der Waals surface area contributed by atoms with Crippen molar-refractivity contribution in [2.75, 3.05) is 32.8 Å². The zero-order valence-corrected chi connectivity index (χ0v) is 16.4. The summed E-state index contributed by atoms with van der Waals surface area (Å²) in [5.41, 5.74) is -0.207. The highest BCUT2D eigenvalue weighted by Crippen LogP contribution is 2.38. The average Bonchev–Trinajstić information content (AvgIpc) is 3.05. The van der Waals surface area contributed by atoms with Crippen LogP contribution in [0.5, 0.6) is 0 Å². The maximum atomic E-state index is 13.2. The molecule has 0 radical (unpaired) electrons. The monoisotopic (exact) mass is 380 g/mol. The van der Waals surface area contributed by atoms with Crippen LogP contribution in [-0.2, 0) is 14.8 Å². The van der Waals surface area contributed by atoms with Gasteiger partial charge in [-0.1, -0.05) is 25.5 Å². The van der Waals surface area contributed by atoms with E-state index in [4.69, 9.17) is 4.74 Å². The van der Waals surface area contributed by atoms with Crippen LogP contribution in [0.3, 0.4) is 0 Å².